The molecule has 1 fully saturated rings. The third-order valence-corrected chi connectivity index (χ3v) is 3.50. The summed E-state index contributed by atoms with van der Waals surface area (Å²) in [6, 6.07) is 6.90. The van der Waals surface area contributed by atoms with Gasteiger partial charge >= 0.3 is 0 Å². The molecule has 1 heteroatoms. The summed E-state index contributed by atoms with van der Waals surface area (Å²) in [6.07, 6.45) is 4.12. The van der Waals surface area contributed by atoms with Gasteiger partial charge in [-0.1, -0.05) is 42.8 Å². The first-order valence-corrected chi connectivity index (χ1v) is 6.54. The minimum Gasteiger partial charge on any atom is -0.0561 e. The quantitative estimate of drug-likeness (QED) is 0.728. The molecule has 0 amide bonds. The maximum absolute atomic E-state index is 3.62. The summed E-state index contributed by atoms with van der Waals surface area (Å²) in [6.45, 7) is 6.82. The maximum Gasteiger partial charge on any atom is 0.0180 e. The molecule has 0 N–H and O–H groups in total. The van der Waals surface area contributed by atoms with Gasteiger partial charge in [-0.3, -0.25) is 0 Å². The lowest BCUT2D eigenvalue weighted by Gasteiger charge is -2.20. The van der Waals surface area contributed by atoms with Crippen molar-refractivity contribution in [2.75, 3.05) is 0 Å². The third kappa shape index (κ3) is 3.07. The van der Waals surface area contributed by atoms with Crippen LogP contribution in [-0.4, -0.2) is 0 Å². The summed E-state index contributed by atoms with van der Waals surface area (Å²) >= 11 is 3.62. The molecule has 0 atom stereocenters. The van der Waals surface area contributed by atoms with E-state index in [0.29, 0.717) is 0 Å². The van der Waals surface area contributed by atoms with Gasteiger partial charge in [0, 0.05) is 4.47 Å². The molecule has 0 radical (unpaired) electrons. The molecule has 0 heterocycles. The Morgan fingerprint density at radius 1 is 1.20 bits per heavy atom. The van der Waals surface area contributed by atoms with Crippen LogP contribution >= 0.6 is 15.9 Å². The van der Waals surface area contributed by atoms with Gasteiger partial charge in [0.15, 0.2) is 0 Å². The predicted octanol–water partition coefficient (Wildman–Crippen LogP) is 4.70. The normalized spacial score (nSPS) is 16.8. The van der Waals surface area contributed by atoms with Crippen LogP contribution in [0.4, 0.5) is 0 Å². The molecule has 0 unspecified atom stereocenters. The highest BCUT2D eigenvalue weighted by molar-refractivity contribution is 9.10. The van der Waals surface area contributed by atoms with Gasteiger partial charge < -0.3 is 0 Å². The lowest BCUT2D eigenvalue weighted by Crippen LogP contribution is -2.11. The van der Waals surface area contributed by atoms with Crippen molar-refractivity contribution in [3.8, 4) is 0 Å². The highest BCUT2D eigenvalue weighted by Gasteiger charge is 2.22. The molecule has 15 heavy (non-hydrogen) atoms. The molecule has 1 aliphatic rings. The Labute approximate surface area is 101 Å². The van der Waals surface area contributed by atoms with Crippen molar-refractivity contribution in [1.29, 1.82) is 0 Å². The molecule has 1 aromatic rings. The molecular formula is C14H19Br. The molecule has 0 saturated heterocycles. The van der Waals surface area contributed by atoms with E-state index in [1.54, 1.807) is 0 Å². The van der Waals surface area contributed by atoms with Crippen molar-refractivity contribution in [3.05, 3.63) is 33.8 Å². The van der Waals surface area contributed by atoms with Crippen LogP contribution in [0.15, 0.2) is 22.7 Å². The Morgan fingerprint density at radius 3 is 2.40 bits per heavy atom. The topological polar surface area (TPSA) is 0 Å². The molecular weight excluding hydrogens is 248 g/mol. The summed E-state index contributed by atoms with van der Waals surface area (Å²) in [5, 5.41) is 0. The first kappa shape index (κ1) is 11.2. The van der Waals surface area contributed by atoms with Gasteiger partial charge in [0.2, 0.25) is 0 Å². The smallest absolute Gasteiger partial charge is 0.0180 e. The van der Waals surface area contributed by atoms with Crippen LogP contribution in [-0.2, 0) is 11.8 Å². The minimum absolute atomic E-state index is 0.252. The van der Waals surface area contributed by atoms with Crippen LogP contribution in [0.5, 0.6) is 0 Å². The maximum atomic E-state index is 3.62. The van der Waals surface area contributed by atoms with E-state index < -0.39 is 0 Å². The molecule has 0 spiro atoms. The monoisotopic (exact) mass is 266 g/mol. The molecule has 1 aliphatic carbocycles. The van der Waals surface area contributed by atoms with E-state index in [0.717, 1.165) is 5.92 Å². The zero-order chi connectivity index (χ0) is 11.1. The summed E-state index contributed by atoms with van der Waals surface area (Å²) in [5.41, 5.74) is 3.19. The fourth-order valence-corrected chi connectivity index (χ4v) is 2.40. The van der Waals surface area contributed by atoms with E-state index in [4.69, 9.17) is 0 Å². The number of hydrogen-bond donors (Lipinski definition) is 0. The van der Waals surface area contributed by atoms with Gasteiger partial charge in [-0.05, 0) is 53.9 Å². The van der Waals surface area contributed by atoms with E-state index in [2.05, 4.69) is 54.9 Å². The van der Waals surface area contributed by atoms with E-state index in [-0.39, 0.29) is 5.41 Å². The average Bonchev–Trinajstić information content (AvgIpc) is 2.85. The molecule has 2 rings (SSSR count). The summed E-state index contributed by atoms with van der Waals surface area (Å²) in [4.78, 5) is 0. The Hall–Kier alpha value is -0.300. The molecule has 0 bridgehead atoms. The van der Waals surface area contributed by atoms with Gasteiger partial charge in [-0.15, -0.1) is 0 Å². The van der Waals surface area contributed by atoms with Crippen molar-refractivity contribution in [3.63, 3.8) is 0 Å². The predicted molar refractivity (Wildman–Crippen MR) is 69.3 cm³/mol. The number of hydrogen-bond acceptors (Lipinski definition) is 0. The molecule has 82 valence electrons. The van der Waals surface area contributed by atoms with Gasteiger partial charge in [0.25, 0.3) is 0 Å². The first-order valence-electron chi connectivity index (χ1n) is 5.75. The van der Waals surface area contributed by atoms with Crippen molar-refractivity contribution >= 4 is 15.9 Å². The van der Waals surface area contributed by atoms with Crippen molar-refractivity contribution < 1.29 is 0 Å². The summed E-state index contributed by atoms with van der Waals surface area (Å²) < 4.78 is 1.23. The van der Waals surface area contributed by atoms with Crippen LogP contribution in [0.1, 0.15) is 44.7 Å². The molecule has 0 aliphatic heterocycles. The van der Waals surface area contributed by atoms with Gasteiger partial charge in [0.05, 0.1) is 0 Å². The largest absolute Gasteiger partial charge is 0.0561 e. The second-order valence-corrected chi connectivity index (χ2v) is 6.66. The zero-order valence-corrected chi connectivity index (χ0v) is 11.4. The number of halogens is 1. The van der Waals surface area contributed by atoms with E-state index in [1.807, 2.05) is 0 Å². The highest BCUT2D eigenvalue weighted by Crippen LogP contribution is 2.34. The summed E-state index contributed by atoms with van der Waals surface area (Å²) in [7, 11) is 0. The Morgan fingerprint density at radius 2 is 1.87 bits per heavy atom. The molecule has 1 saturated carbocycles. The van der Waals surface area contributed by atoms with Crippen LogP contribution in [0.3, 0.4) is 0 Å². The Bertz CT molecular complexity index is 356. The highest BCUT2D eigenvalue weighted by atomic mass is 79.9. The molecule has 1 aromatic carbocycles. The second-order valence-electron chi connectivity index (χ2n) is 5.75. The SMILES string of the molecule is CC(C)(C)c1cc(Br)cc(CC2CC2)c1. The first-order chi connectivity index (χ1) is 6.95. The lowest BCUT2D eigenvalue weighted by atomic mass is 9.86. The lowest BCUT2D eigenvalue weighted by molar-refractivity contribution is 0.588. The molecule has 0 aromatic heterocycles. The van der Waals surface area contributed by atoms with E-state index >= 15 is 0 Å². The molecule has 0 nitrogen and oxygen atoms in total. The van der Waals surface area contributed by atoms with Crippen molar-refractivity contribution in [2.45, 2.75) is 45.4 Å². The zero-order valence-electron chi connectivity index (χ0n) is 9.81. The van der Waals surface area contributed by atoms with Crippen LogP contribution < -0.4 is 0 Å². The Kier molecular flexibility index (Phi) is 2.94. The van der Waals surface area contributed by atoms with Crippen LogP contribution in [0.2, 0.25) is 0 Å². The minimum atomic E-state index is 0.252. The van der Waals surface area contributed by atoms with Gasteiger partial charge in [-0.2, -0.15) is 0 Å². The fourth-order valence-electron chi connectivity index (χ4n) is 1.86. The number of rotatable bonds is 2. The standard InChI is InChI=1S/C14H19Br/c1-14(2,3)12-7-11(6-10-4-5-10)8-13(15)9-12/h7-10H,4-6H2,1-3H3. The van der Waals surface area contributed by atoms with Crippen molar-refractivity contribution in [2.24, 2.45) is 5.92 Å². The van der Waals surface area contributed by atoms with Gasteiger partial charge in [0.1, 0.15) is 0 Å². The Balaban J connectivity index is 2.27. The van der Waals surface area contributed by atoms with Crippen LogP contribution in [0.25, 0.3) is 0 Å². The van der Waals surface area contributed by atoms with E-state index in [1.165, 1.54) is 34.9 Å². The van der Waals surface area contributed by atoms with E-state index in [9.17, 15) is 0 Å². The fraction of sp³-hybridized carbons (Fsp3) is 0.571. The third-order valence-electron chi connectivity index (χ3n) is 3.04. The van der Waals surface area contributed by atoms with Crippen molar-refractivity contribution in [1.82, 2.24) is 0 Å². The summed E-state index contributed by atoms with van der Waals surface area (Å²) in [5.74, 6) is 0.965. The van der Waals surface area contributed by atoms with Gasteiger partial charge in [-0.25, -0.2) is 0 Å². The number of benzene rings is 1. The average molecular weight is 267 g/mol. The second kappa shape index (κ2) is 3.93. The van der Waals surface area contributed by atoms with Crippen LogP contribution in [0, 0.1) is 5.92 Å².